The number of aliphatic hydroxyl groups excluding tert-OH is 1. The first-order valence-corrected chi connectivity index (χ1v) is 10.6. The van der Waals surface area contributed by atoms with Crippen LogP contribution in [-0.2, 0) is 15.1 Å². The van der Waals surface area contributed by atoms with Crippen molar-refractivity contribution in [2.75, 3.05) is 13.2 Å². The van der Waals surface area contributed by atoms with Crippen molar-refractivity contribution < 1.29 is 39.5 Å². The Kier molecular flexibility index (Phi) is 7.60. The van der Waals surface area contributed by atoms with E-state index in [-0.39, 0.29) is 18.1 Å². The highest BCUT2D eigenvalue weighted by atomic mass is 16.6. The van der Waals surface area contributed by atoms with Gasteiger partial charge in [-0.15, -0.1) is 0 Å². The second kappa shape index (κ2) is 10.4. The minimum atomic E-state index is -1.17. The predicted octanol–water partition coefficient (Wildman–Crippen LogP) is 2.02. The van der Waals surface area contributed by atoms with Crippen molar-refractivity contribution in [2.24, 2.45) is 11.5 Å². The maximum absolute atomic E-state index is 12.5. The number of aliphatic carboxylic acids is 1. The summed E-state index contributed by atoms with van der Waals surface area (Å²) in [5.74, 6) is -0.555. The third kappa shape index (κ3) is 4.90. The number of aromatic hydroxyl groups is 2. The molecular formula is C25H26N2O8. The highest BCUT2D eigenvalue weighted by Gasteiger charge is 2.53. The van der Waals surface area contributed by atoms with Gasteiger partial charge in [0.2, 0.25) is 0 Å². The van der Waals surface area contributed by atoms with E-state index >= 15 is 0 Å². The van der Waals surface area contributed by atoms with Crippen molar-refractivity contribution in [2.45, 2.75) is 18.6 Å². The lowest BCUT2D eigenvalue weighted by atomic mass is 9.77. The normalized spacial score (nSPS) is 14.5. The number of carbonyl (C=O) groups is 2. The van der Waals surface area contributed by atoms with E-state index in [4.69, 9.17) is 31.2 Å². The molecule has 0 saturated heterocycles. The predicted molar refractivity (Wildman–Crippen MR) is 125 cm³/mol. The number of phenols is 2. The number of aliphatic hydroxyl groups is 1. The average molecular weight is 482 g/mol. The van der Waals surface area contributed by atoms with Gasteiger partial charge in [0, 0.05) is 35.4 Å². The van der Waals surface area contributed by atoms with Gasteiger partial charge in [0.05, 0.1) is 12.2 Å². The lowest BCUT2D eigenvalue weighted by molar-refractivity contribution is -0.138. The van der Waals surface area contributed by atoms with E-state index in [1.165, 1.54) is 31.2 Å². The summed E-state index contributed by atoms with van der Waals surface area (Å²) in [5, 5.41) is 35.3. The van der Waals surface area contributed by atoms with Crippen molar-refractivity contribution in [3.63, 3.8) is 0 Å². The van der Waals surface area contributed by atoms with Gasteiger partial charge >= 0.3 is 11.9 Å². The van der Waals surface area contributed by atoms with Crippen molar-refractivity contribution in [1.82, 2.24) is 0 Å². The van der Waals surface area contributed by atoms with E-state index in [0.29, 0.717) is 40.3 Å². The molecule has 0 aromatic heterocycles. The number of carbonyl (C=O) groups excluding carboxylic acids is 1. The lowest BCUT2D eigenvalue weighted by Gasteiger charge is -2.36. The van der Waals surface area contributed by atoms with Crippen LogP contribution in [0, 0.1) is 0 Å². The lowest BCUT2D eigenvalue weighted by Crippen LogP contribution is -2.32. The Labute approximate surface area is 201 Å². The molecule has 2 aliphatic heterocycles. The number of phenolic OH excluding ortho intramolecular Hbond substituents is 2. The molecule has 0 saturated carbocycles. The Bertz CT molecular complexity index is 1190. The van der Waals surface area contributed by atoms with Gasteiger partial charge in [-0.2, -0.15) is 0 Å². The molecule has 2 heterocycles. The number of fused-ring (bicyclic) bond motifs is 6. The molecule has 10 heteroatoms. The van der Waals surface area contributed by atoms with E-state index < -0.39 is 23.6 Å². The van der Waals surface area contributed by atoms with Crippen molar-refractivity contribution >= 4 is 11.9 Å². The summed E-state index contributed by atoms with van der Waals surface area (Å²) < 4.78 is 11.8. The fourth-order valence-electron chi connectivity index (χ4n) is 3.65. The van der Waals surface area contributed by atoms with Crippen LogP contribution in [0.5, 0.6) is 23.0 Å². The second-order valence-electron chi connectivity index (χ2n) is 7.72. The summed E-state index contributed by atoms with van der Waals surface area (Å²) in [6.45, 7) is 1.89. The van der Waals surface area contributed by atoms with E-state index in [0.717, 1.165) is 0 Å². The van der Waals surface area contributed by atoms with E-state index in [2.05, 4.69) is 0 Å². The molecule has 0 fully saturated rings. The number of rotatable bonds is 2. The molecule has 35 heavy (non-hydrogen) atoms. The maximum atomic E-state index is 12.5. The van der Waals surface area contributed by atoms with Crippen LogP contribution in [0.15, 0.2) is 60.7 Å². The average Bonchev–Trinajstić information content (AvgIpc) is 3.12. The Morgan fingerprint density at radius 3 is 1.91 bits per heavy atom. The molecule has 2 aliphatic rings. The summed E-state index contributed by atoms with van der Waals surface area (Å²) in [5.41, 5.74) is 10.9. The van der Waals surface area contributed by atoms with Gasteiger partial charge in [0.15, 0.2) is 5.60 Å². The number of ether oxygens (including phenoxy) is 2. The number of carboxylic acids is 1. The Morgan fingerprint density at radius 2 is 1.46 bits per heavy atom. The van der Waals surface area contributed by atoms with Crippen LogP contribution in [0.3, 0.4) is 0 Å². The van der Waals surface area contributed by atoms with Crippen LogP contribution < -0.4 is 16.2 Å². The van der Waals surface area contributed by atoms with Gasteiger partial charge in [-0.1, -0.05) is 18.2 Å². The molecule has 1 atom stereocenters. The molecule has 0 bridgehead atoms. The fraction of sp³-hybridized carbons (Fsp3) is 0.200. The minimum Gasteiger partial charge on any atom is -0.508 e. The molecule has 0 radical (unpaired) electrons. The standard InChI is InChI=1S/C20H12O5.C3H7NO2.C2H7NO/c21-11-5-7-15-17(9-11)24-18-10-12(22)6-8-16(18)20(15)14-4-2-1-3-13(14)19(23)25-20;1-2(4)3(5)6;3-1-2-4/h1-10,21-22H;2H,4H2,1H3,(H,5,6);4H,1-3H2/t;2-;/m.0./s1. The Morgan fingerprint density at radius 1 is 0.971 bits per heavy atom. The summed E-state index contributed by atoms with van der Waals surface area (Å²) in [7, 11) is 0. The number of carboxylic acid groups (broad SMARTS) is 1. The quantitative estimate of drug-likeness (QED) is 0.295. The maximum Gasteiger partial charge on any atom is 0.340 e. The summed E-state index contributed by atoms with van der Waals surface area (Å²) >= 11 is 0. The zero-order chi connectivity index (χ0) is 25.8. The molecule has 10 nitrogen and oxygen atoms in total. The van der Waals surface area contributed by atoms with Crippen LogP contribution in [0.2, 0.25) is 0 Å². The number of benzene rings is 3. The van der Waals surface area contributed by atoms with Crippen LogP contribution in [0.4, 0.5) is 0 Å². The first-order valence-electron chi connectivity index (χ1n) is 10.6. The van der Waals surface area contributed by atoms with Crippen molar-refractivity contribution in [3.05, 3.63) is 82.9 Å². The third-order valence-electron chi connectivity index (χ3n) is 5.20. The molecule has 0 aliphatic carbocycles. The topological polar surface area (TPSA) is 186 Å². The smallest absolute Gasteiger partial charge is 0.340 e. The summed E-state index contributed by atoms with van der Waals surface area (Å²) in [6.07, 6.45) is 0. The van der Waals surface area contributed by atoms with E-state index in [1.807, 2.05) is 12.1 Å². The van der Waals surface area contributed by atoms with Gasteiger partial charge in [-0.05, 0) is 37.3 Å². The van der Waals surface area contributed by atoms with Crippen LogP contribution in [0.25, 0.3) is 0 Å². The Hall–Kier alpha value is -4.12. The number of esters is 1. The molecule has 5 rings (SSSR count). The number of hydrogen-bond acceptors (Lipinski definition) is 9. The summed E-state index contributed by atoms with van der Waals surface area (Å²) in [6, 6.07) is 15.9. The minimum absolute atomic E-state index is 0.0371. The Balaban J connectivity index is 0.000000293. The fourth-order valence-corrected chi connectivity index (χ4v) is 3.65. The molecule has 0 unspecified atom stereocenters. The van der Waals surface area contributed by atoms with E-state index in [1.54, 1.807) is 24.3 Å². The van der Waals surface area contributed by atoms with Crippen LogP contribution in [-0.4, -0.2) is 51.6 Å². The SMILES string of the molecule is C[C@H](N)C(=O)O.NCCO.O=C1OC2(c3ccc(O)cc3Oc3cc(O)ccc32)c2ccccc21. The van der Waals surface area contributed by atoms with Crippen molar-refractivity contribution in [1.29, 1.82) is 0 Å². The monoisotopic (exact) mass is 482 g/mol. The largest absolute Gasteiger partial charge is 0.508 e. The molecule has 184 valence electrons. The molecule has 0 amide bonds. The van der Waals surface area contributed by atoms with Crippen molar-refractivity contribution in [3.8, 4) is 23.0 Å². The number of hydrogen-bond donors (Lipinski definition) is 6. The van der Waals surface area contributed by atoms with Gasteiger partial charge in [0.25, 0.3) is 0 Å². The third-order valence-corrected chi connectivity index (χ3v) is 5.20. The zero-order valence-electron chi connectivity index (χ0n) is 18.8. The highest BCUT2D eigenvalue weighted by molar-refractivity contribution is 5.97. The van der Waals surface area contributed by atoms with Gasteiger partial charge < -0.3 is 41.4 Å². The zero-order valence-corrected chi connectivity index (χ0v) is 18.8. The van der Waals surface area contributed by atoms with Gasteiger partial charge in [-0.25, -0.2) is 4.79 Å². The van der Waals surface area contributed by atoms with Crippen LogP contribution in [0.1, 0.15) is 34.0 Å². The molecule has 3 aromatic rings. The second-order valence-corrected chi connectivity index (χ2v) is 7.72. The van der Waals surface area contributed by atoms with Crippen LogP contribution >= 0.6 is 0 Å². The van der Waals surface area contributed by atoms with Gasteiger partial charge in [0.1, 0.15) is 29.0 Å². The summed E-state index contributed by atoms with van der Waals surface area (Å²) in [4.78, 5) is 22.1. The van der Waals surface area contributed by atoms with Gasteiger partial charge in [-0.3, -0.25) is 4.79 Å². The molecule has 8 N–H and O–H groups in total. The highest BCUT2D eigenvalue weighted by Crippen LogP contribution is 2.56. The first-order chi connectivity index (χ1) is 16.6. The number of nitrogens with two attached hydrogens (primary N) is 2. The molecular weight excluding hydrogens is 456 g/mol. The molecule has 1 spiro atoms. The molecule has 3 aromatic carbocycles. The van der Waals surface area contributed by atoms with E-state index in [9.17, 15) is 19.8 Å². The first kappa shape index (κ1) is 25.5.